The lowest BCUT2D eigenvalue weighted by molar-refractivity contribution is -0.186. The van der Waals surface area contributed by atoms with Crippen LogP contribution in [0.25, 0.3) is 0 Å². The Kier molecular flexibility index (Phi) is 6.68. The van der Waals surface area contributed by atoms with Crippen molar-refractivity contribution < 1.29 is 14.3 Å². The molecular weight excluding hydrogens is 506 g/mol. The molecule has 0 aromatic heterocycles. The minimum absolute atomic E-state index is 0.0787. The van der Waals surface area contributed by atoms with E-state index in [0.29, 0.717) is 29.5 Å². The Bertz CT molecular complexity index is 1260. The maximum atomic E-state index is 14.4. The van der Waals surface area contributed by atoms with Crippen LogP contribution >= 0.6 is 0 Å². The van der Waals surface area contributed by atoms with Crippen molar-refractivity contribution in [2.75, 3.05) is 12.4 Å². The van der Waals surface area contributed by atoms with Gasteiger partial charge in [0.1, 0.15) is 11.5 Å². The molecule has 1 N–H and O–H groups in total. The van der Waals surface area contributed by atoms with E-state index in [0.717, 1.165) is 62.8 Å². The monoisotopic (exact) mass is 559 g/mol. The standard InChI is InChI=1S/C37H53NO3/c1-23-15-20-37(32(40)38-25-9-11-26(41-8)12-10-25)22-21-35(6)27(31(37)24(23)2)13-14-29-34(5)18-17-30(39)33(3,4)28(34)16-19-36(29,35)7/h9-13,23-24,28-29,31H,14-22H2,1-8H3,(H,38,40)/t23-,24+,28?,29?,31?,34+,35-,36-,37+/m1/s1. The SMILES string of the molecule is COc1ccc(NC(=O)[C@]23CC[C@@H](C)[C@H](C)C2C2=CCC4[C@@]5(C)CCC(=O)C(C)(C)C5CC[C@@]4(C)[C@]2(C)CC3)cc1. The average molecular weight is 560 g/mol. The summed E-state index contributed by atoms with van der Waals surface area (Å²) in [5.41, 5.74) is 2.30. The Balaban J connectivity index is 1.39. The predicted molar refractivity (Wildman–Crippen MR) is 166 cm³/mol. The number of nitrogens with one attached hydrogen (secondary N) is 1. The van der Waals surface area contributed by atoms with E-state index >= 15 is 0 Å². The molecule has 0 heterocycles. The van der Waals surface area contributed by atoms with E-state index in [4.69, 9.17) is 4.74 Å². The number of benzene rings is 1. The number of carbonyl (C=O) groups excluding carboxylic acids is 2. The van der Waals surface area contributed by atoms with Gasteiger partial charge in [0.05, 0.1) is 12.5 Å². The lowest BCUT2D eigenvalue weighted by Gasteiger charge is -2.71. The van der Waals surface area contributed by atoms with Crippen molar-refractivity contribution in [2.45, 2.75) is 106 Å². The van der Waals surface area contributed by atoms with Gasteiger partial charge in [0.2, 0.25) is 5.91 Å². The van der Waals surface area contributed by atoms with Gasteiger partial charge in [-0.05, 0) is 121 Å². The summed E-state index contributed by atoms with van der Waals surface area (Å²) in [4.78, 5) is 27.5. The number of hydrogen-bond acceptors (Lipinski definition) is 3. The number of anilines is 1. The summed E-state index contributed by atoms with van der Waals surface area (Å²) < 4.78 is 5.34. The fourth-order valence-electron chi connectivity index (χ4n) is 11.6. The van der Waals surface area contributed by atoms with Crippen LogP contribution in [0.5, 0.6) is 5.75 Å². The maximum Gasteiger partial charge on any atom is 0.231 e. The van der Waals surface area contributed by atoms with Gasteiger partial charge in [0, 0.05) is 17.5 Å². The molecule has 9 atom stereocenters. The first-order valence-corrected chi connectivity index (χ1v) is 16.4. The van der Waals surface area contributed by atoms with Crippen LogP contribution in [0, 0.1) is 56.7 Å². The zero-order chi connectivity index (χ0) is 29.6. The third-order valence-corrected chi connectivity index (χ3v) is 14.5. The number of ketones is 1. The van der Waals surface area contributed by atoms with Gasteiger partial charge in [-0.2, -0.15) is 0 Å². The molecule has 4 fully saturated rings. The summed E-state index contributed by atoms with van der Waals surface area (Å²) >= 11 is 0. The van der Waals surface area contributed by atoms with Gasteiger partial charge in [-0.15, -0.1) is 0 Å². The van der Waals surface area contributed by atoms with Crippen LogP contribution in [0.15, 0.2) is 35.9 Å². The second kappa shape index (κ2) is 9.45. The molecule has 0 spiro atoms. The second-order valence-electron chi connectivity index (χ2n) is 16.1. The van der Waals surface area contributed by atoms with E-state index in [1.807, 2.05) is 24.3 Å². The molecule has 4 heteroatoms. The normalized spacial score (nSPS) is 44.8. The number of rotatable bonds is 3. The van der Waals surface area contributed by atoms with E-state index in [1.165, 1.54) is 6.42 Å². The fourth-order valence-corrected chi connectivity index (χ4v) is 11.6. The highest BCUT2D eigenvalue weighted by molar-refractivity contribution is 5.96. The summed E-state index contributed by atoms with van der Waals surface area (Å²) in [6, 6.07) is 7.78. The van der Waals surface area contributed by atoms with E-state index < -0.39 is 0 Å². The Morgan fingerprint density at radius 2 is 1.61 bits per heavy atom. The lowest BCUT2D eigenvalue weighted by Crippen LogP contribution is -2.65. The smallest absolute Gasteiger partial charge is 0.231 e. The summed E-state index contributed by atoms with van der Waals surface area (Å²) in [5, 5.41) is 3.36. The molecule has 0 bridgehead atoms. The van der Waals surface area contributed by atoms with Crippen LogP contribution in [-0.4, -0.2) is 18.8 Å². The van der Waals surface area contributed by atoms with Crippen LogP contribution in [-0.2, 0) is 9.59 Å². The number of allylic oxidation sites excluding steroid dienone is 2. The van der Waals surface area contributed by atoms with Crippen LogP contribution in [0.1, 0.15) is 106 Å². The molecular formula is C37H53NO3. The van der Waals surface area contributed by atoms with Crippen LogP contribution < -0.4 is 10.1 Å². The molecule has 0 saturated heterocycles. The first-order chi connectivity index (χ1) is 19.2. The van der Waals surface area contributed by atoms with Crippen molar-refractivity contribution in [1.82, 2.24) is 0 Å². The molecule has 1 aromatic carbocycles. The van der Waals surface area contributed by atoms with Crippen molar-refractivity contribution in [2.24, 2.45) is 56.7 Å². The number of fused-ring (bicyclic) bond motifs is 7. The zero-order valence-electron chi connectivity index (χ0n) is 26.9. The minimum Gasteiger partial charge on any atom is -0.497 e. The predicted octanol–water partition coefficient (Wildman–Crippen LogP) is 8.86. The van der Waals surface area contributed by atoms with Crippen LogP contribution in [0.2, 0.25) is 0 Å². The third kappa shape index (κ3) is 3.83. The number of methoxy groups -OCH3 is 1. The van der Waals surface area contributed by atoms with Crippen molar-refractivity contribution in [3.05, 3.63) is 35.9 Å². The highest BCUT2D eigenvalue weighted by Crippen LogP contribution is 2.75. The first kappa shape index (κ1) is 29.0. The van der Waals surface area contributed by atoms with Crippen molar-refractivity contribution in [1.29, 1.82) is 0 Å². The van der Waals surface area contributed by atoms with Crippen molar-refractivity contribution in [3.8, 4) is 5.75 Å². The van der Waals surface area contributed by atoms with E-state index in [-0.39, 0.29) is 38.9 Å². The maximum absolute atomic E-state index is 14.4. The van der Waals surface area contributed by atoms with Crippen molar-refractivity contribution in [3.63, 3.8) is 0 Å². The molecule has 1 amide bonds. The molecule has 1 aromatic rings. The number of carbonyl (C=O) groups is 2. The first-order valence-electron chi connectivity index (χ1n) is 16.4. The Morgan fingerprint density at radius 3 is 2.29 bits per heavy atom. The Morgan fingerprint density at radius 1 is 0.902 bits per heavy atom. The molecule has 0 radical (unpaired) electrons. The second-order valence-corrected chi connectivity index (χ2v) is 16.1. The van der Waals surface area contributed by atoms with Gasteiger partial charge in [-0.3, -0.25) is 9.59 Å². The number of ether oxygens (including phenoxy) is 1. The van der Waals surface area contributed by atoms with E-state index in [9.17, 15) is 9.59 Å². The summed E-state index contributed by atoms with van der Waals surface area (Å²) in [5.74, 6) is 3.87. The van der Waals surface area contributed by atoms with Gasteiger partial charge in [0.25, 0.3) is 0 Å². The van der Waals surface area contributed by atoms with Gasteiger partial charge in [-0.1, -0.05) is 60.1 Å². The third-order valence-electron chi connectivity index (χ3n) is 14.5. The topological polar surface area (TPSA) is 55.4 Å². The molecule has 3 unspecified atom stereocenters. The van der Waals surface area contributed by atoms with Gasteiger partial charge < -0.3 is 10.1 Å². The summed E-state index contributed by atoms with van der Waals surface area (Å²) in [6.45, 7) is 17.0. The summed E-state index contributed by atoms with van der Waals surface area (Å²) in [6.07, 6.45) is 11.9. The molecule has 224 valence electrons. The molecule has 5 aliphatic carbocycles. The van der Waals surface area contributed by atoms with Gasteiger partial charge >= 0.3 is 0 Å². The number of amides is 1. The highest BCUT2D eigenvalue weighted by Gasteiger charge is 2.69. The average Bonchev–Trinajstić information content (AvgIpc) is 2.93. The van der Waals surface area contributed by atoms with E-state index in [1.54, 1.807) is 12.7 Å². The fraction of sp³-hybridized carbons (Fsp3) is 0.730. The molecule has 41 heavy (non-hydrogen) atoms. The van der Waals surface area contributed by atoms with Gasteiger partial charge in [-0.25, -0.2) is 0 Å². The van der Waals surface area contributed by atoms with Crippen LogP contribution in [0.4, 0.5) is 5.69 Å². The Hall–Kier alpha value is -2.10. The van der Waals surface area contributed by atoms with Crippen LogP contribution in [0.3, 0.4) is 0 Å². The zero-order valence-corrected chi connectivity index (χ0v) is 26.9. The molecule has 0 aliphatic heterocycles. The molecule has 5 aliphatic rings. The largest absolute Gasteiger partial charge is 0.497 e. The Labute approximate surface area is 248 Å². The highest BCUT2D eigenvalue weighted by atomic mass is 16.5. The van der Waals surface area contributed by atoms with Gasteiger partial charge in [0.15, 0.2) is 0 Å². The van der Waals surface area contributed by atoms with Crippen molar-refractivity contribution >= 4 is 17.4 Å². The van der Waals surface area contributed by atoms with E-state index in [2.05, 4.69) is 59.9 Å². The lowest BCUT2D eigenvalue weighted by atomic mass is 9.33. The molecule has 6 rings (SSSR count). The number of Topliss-reactive ketones (excluding diaryl/α,β-unsaturated/α-hetero) is 1. The molecule has 4 nitrogen and oxygen atoms in total. The quantitative estimate of drug-likeness (QED) is 0.376. The summed E-state index contributed by atoms with van der Waals surface area (Å²) in [7, 11) is 1.67. The minimum atomic E-state index is -0.360. The molecule has 4 saturated carbocycles. The number of hydrogen-bond donors (Lipinski definition) is 1.